The fourth-order valence-corrected chi connectivity index (χ4v) is 4.43. The van der Waals surface area contributed by atoms with Crippen molar-refractivity contribution in [3.8, 4) is 11.5 Å². The van der Waals surface area contributed by atoms with Crippen LogP contribution < -0.4 is 14.4 Å². The van der Waals surface area contributed by atoms with Crippen LogP contribution >= 0.6 is 0 Å². The summed E-state index contributed by atoms with van der Waals surface area (Å²) in [6, 6.07) is 11.1. The number of hydrogen-bond donors (Lipinski definition) is 0. The molecule has 2 atom stereocenters. The van der Waals surface area contributed by atoms with Crippen LogP contribution in [-0.4, -0.2) is 43.5 Å². The summed E-state index contributed by atoms with van der Waals surface area (Å²) in [5.41, 5.74) is 4.04. The molecule has 1 fully saturated rings. The molecular formula is C23H26N2O4. The van der Waals surface area contributed by atoms with Gasteiger partial charge in [0.15, 0.2) is 11.5 Å². The number of methoxy groups -OCH3 is 2. The molecule has 2 amide bonds. The third-order valence-corrected chi connectivity index (χ3v) is 6.05. The van der Waals surface area contributed by atoms with Crippen LogP contribution in [0.2, 0.25) is 0 Å². The van der Waals surface area contributed by atoms with Gasteiger partial charge in [0.2, 0.25) is 5.91 Å². The molecule has 1 saturated heterocycles. The summed E-state index contributed by atoms with van der Waals surface area (Å²) in [7, 11) is 3.25. The SMILES string of the molecule is COc1cc2c(cc1OC)[C@H](C)N([C@H]1CC(=O)N(c3ccc(C)cc3)C1=O)CC2. The second-order valence-corrected chi connectivity index (χ2v) is 7.69. The number of hydrogen-bond acceptors (Lipinski definition) is 5. The number of imide groups is 1. The lowest BCUT2D eigenvalue weighted by atomic mass is 9.91. The van der Waals surface area contributed by atoms with Crippen LogP contribution in [0.25, 0.3) is 0 Å². The largest absolute Gasteiger partial charge is 0.493 e. The number of amides is 2. The fourth-order valence-electron chi connectivity index (χ4n) is 4.43. The normalized spacial score (nSPS) is 22.0. The second kappa shape index (κ2) is 7.52. The first-order chi connectivity index (χ1) is 13.9. The van der Waals surface area contributed by atoms with Gasteiger partial charge in [0.1, 0.15) is 0 Å². The third-order valence-electron chi connectivity index (χ3n) is 6.05. The van der Waals surface area contributed by atoms with Gasteiger partial charge in [-0.3, -0.25) is 14.5 Å². The average Bonchev–Trinajstić information content (AvgIpc) is 3.02. The summed E-state index contributed by atoms with van der Waals surface area (Å²) in [4.78, 5) is 29.4. The van der Waals surface area contributed by atoms with E-state index in [0.717, 1.165) is 24.1 Å². The predicted octanol–water partition coefficient (Wildman–Crippen LogP) is 3.26. The Morgan fingerprint density at radius 3 is 2.31 bits per heavy atom. The molecule has 2 aliphatic rings. The predicted molar refractivity (Wildman–Crippen MR) is 110 cm³/mol. The van der Waals surface area contributed by atoms with Gasteiger partial charge in [-0.2, -0.15) is 0 Å². The molecule has 2 heterocycles. The molecule has 4 rings (SSSR count). The molecule has 0 aliphatic carbocycles. The van der Waals surface area contributed by atoms with E-state index >= 15 is 0 Å². The van der Waals surface area contributed by atoms with Crippen molar-refractivity contribution >= 4 is 17.5 Å². The van der Waals surface area contributed by atoms with Crippen LogP contribution in [0.3, 0.4) is 0 Å². The smallest absolute Gasteiger partial charge is 0.251 e. The highest BCUT2D eigenvalue weighted by molar-refractivity contribution is 6.22. The zero-order chi connectivity index (χ0) is 20.7. The maximum atomic E-state index is 13.2. The number of rotatable bonds is 4. The summed E-state index contributed by atoms with van der Waals surface area (Å²) in [6.45, 7) is 4.78. The van der Waals surface area contributed by atoms with Gasteiger partial charge in [0, 0.05) is 12.6 Å². The summed E-state index contributed by atoms with van der Waals surface area (Å²) in [5, 5.41) is 0. The number of aryl methyl sites for hydroxylation is 1. The van der Waals surface area contributed by atoms with Crippen molar-refractivity contribution in [3.05, 3.63) is 53.1 Å². The van der Waals surface area contributed by atoms with Crippen molar-refractivity contribution in [3.63, 3.8) is 0 Å². The van der Waals surface area contributed by atoms with Crippen LogP contribution in [0.4, 0.5) is 5.69 Å². The lowest BCUT2D eigenvalue weighted by Gasteiger charge is -2.38. The van der Waals surface area contributed by atoms with Crippen LogP contribution in [0.5, 0.6) is 11.5 Å². The van der Waals surface area contributed by atoms with Crippen molar-refractivity contribution in [2.75, 3.05) is 25.7 Å². The molecule has 0 saturated carbocycles. The number of carbonyl (C=O) groups is 2. The number of ether oxygens (including phenoxy) is 2. The molecule has 6 nitrogen and oxygen atoms in total. The van der Waals surface area contributed by atoms with Gasteiger partial charge in [-0.1, -0.05) is 17.7 Å². The lowest BCUT2D eigenvalue weighted by molar-refractivity contribution is -0.123. The Kier molecular flexibility index (Phi) is 5.04. The molecule has 6 heteroatoms. The van der Waals surface area contributed by atoms with Gasteiger partial charge >= 0.3 is 0 Å². The van der Waals surface area contributed by atoms with E-state index in [1.165, 1.54) is 10.5 Å². The summed E-state index contributed by atoms with van der Waals surface area (Å²) in [5.74, 6) is 1.10. The average molecular weight is 394 g/mol. The quantitative estimate of drug-likeness (QED) is 0.745. The van der Waals surface area contributed by atoms with E-state index < -0.39 is 6.04 Å². The number of carbonyl (C=O) groups excluding carboxylic acids is 2. The highest BCUT2D eigenvalue weighted by Gasteiger charge is 2.45. The van der Waals surface area contributed by atoms with Crippen LogP contribution in [0.15, 0.2) is 36.4 Å². The van der Waals surface area contributed by atoms with Crippen molar-refractivity contribution in [1.29, 1.82) is 0 Å². The van der Waals surface area contributed by atoms with Gasteiger partial charge in [0.05, 0.1) is 32.4 Å². The Bertz CT molecular complexity index is 954. The molecule has 29 heavy (non-hydrogen) atoms. The Morgan fingerprint density at radius 1 is 1.00 bits per heavy atom. The van der Waals surface area contributed by atoms with E-state index in [1.807, 2.05) is 43.3 Å². The molecule has 2 aliphatic heterocycles. The Morgan fingerprint density at radius 2 is 1.66 bits per heavy atom. The number of anilines is 1. The maximum absolute atomic E-state index is 13.2. The number of fused-ring (bicyclic) bond motifs is 1. The van der Waals surface area contributed by atoms with Gasteiger partial charge < -0.3 is 9.47 Å². The van der Waals surface area contributed by atoms with Crippen molar-refractivity contribution in [1.82, 2.24) is 4.90 Å². The maximum Gasteiger partial charge on any atom is 0.251 e. The highest BCUT2D eigenvalue weighted by atomic mass is 16.5. The van der Waals surface area contributed by atoms with Gasteiger partial charge in [-0.25, -0.2) is 4.90 Å². The van der Waals surface area contributed by atoms with E-state index in [2.05, 4.69) is 11.8 Å². The van der Waals surface area contributed by atoms with Crippen LogP contribution in [0, 0.1) is 6.92 Å². The lowest BCUT2D eigenvalue weighted by Crippen LogP contribution is -2.46. The van der Waals surface area contributed by atoms with Crippen molar-refractivity contribution in [2.45, 2.75) is 38.8 Å². The summed E-state index contributed by atoms with van der Waals surface area (Å²) >= 11 is 0. The first-order valence-electron chi connectivity index (χ1n) is 9.88. The zero-order valence-electron chi connectivity index (χ0n) is 17.3. The second-order valence-electron chi connectivity index (χ2n) is 7.69. The van der Waals surface area contributed by atoms with Crippen molar-refractivity contribution in [2.24, 2.45) is 0 Å². The molecule has 152 valence electrons. The van der Waals surface area contributed by atoms with E-state index in [9.17, 15) is 9.59 Å². The first-order valence-corrected chi connectivity index (χ1v) is 9.88. The van der Waals surface area contributed by atoms with E-state index in [-0.39, 0.29) is 24.3 Å². The molecule has 2 aromatic carbocycles. The summed E-state index contributed by atoms with van der Waals surface area (Å²) in [6.07, 6.45) is 1.00. The molecule has 0 radical (unpaired) electrons. The molecule has 0 aromatic heterocycles. The van der Waals surface area contributed by atoms with Gasteiger partial charge in [-0.05, 0) is 55.7 Å². The molecule has 2 aromatic rings. The van der Waals surface area contributed by atoms with Gasteiger partial charge in [0.25, 0.3) is 5.91 Å². The number of nitrogens with zero attached hydrogens (tertiary/aromatic N) is 2. The molecule has 0 spiro atoms. The topological polar surface area (TPSA) is 59.1 Å². The molecule has 0 bridgehead atoms. The standard InChI is InChI=1S/C23H26N2O4/c1-14-5-7-17(8-6-14)25-22(26)13-19(23(25)27)24-10-9-16-11-20(28-3)21(29-4)12-18(16)15(24)2/h5-8,11-12,15,19H,9-10,13H2,1-4H3/t15-,19-/m0/s1. The molecule has 0 unspecified atom stereocenters. The van der Waals surface area contributed by atoms with Crippen molar-refractivity contribution < 1.29 is 19.1 Å². The zero-order valence-corrected chi connectivity index (χ0v) is 17.3. The summed E-state index contributed by atoms with van der Waals surface area (Å²) < 4.78 is 10.9. The first kappa shape index (κ1) is 19.5. The van der Waals surface area contributed by atoms with Gasteiger partial charge in [-0.15, -0.1) is 0 Å². The monoisotopic (exact) mass is 394 g/mol. The minimum atomic E-state index is -0.444. The number of benzene rings is 2. The molecule has 0 N–H and O–H groups in total. The minimum absolute atomic E-state index is 0.00160. The van der Waals surface area contributed by atoms with E-state index in [1.54, 1.807) is 14.2 Å². The Balaban J connectivity index is 1.62. The van der Waals surface area contributed by atoms with Crippen LogP contribution in [0.1, 0.15) is 36.1 Å². The third kappa shape index (κ3) is 3.27. The Labute approximate surface area is 171 Å². The van der Waals surface area contributed by atoms with E-state index in [4.69, 9.17) is 9.47 Å². The highest BCUT2D eigenvalue weighted by Crippen LogP contribution is 2.40. The Hall–Kier alpha value is -2.86. The molecular weight excluding hydrogens is 368 g/mol. The van der Waals surface area contributed by atoms with E-state index in [0.29, 0.717) is 17.2 Å². The minimum Gasteiger partial charge on any atom is -0.493 e. The van der Waals surface area contributed by atoms with Crippen LogP contribution in [-0.2, 0) is 16.0 Å². The fraction of sp³-hybridized carbons (Fsp3) is 0.391.